The van der Waals surface area contributed by atoms with E-state index in [1.54, 1.807) is 12.1 Å². The Bertz CT molecular complexity index is 1060. The van der Waals surface area contributed by atoms with Crippen LogP contribution in [-0.4, -0.2) is 24.5 Å². The lowest BCUT2D eigenvalue weighted by molar-refractivity contribution is -0.116. The van der Waals surface area contributed by atoms with E-state index in [9.17, 15) is 13.2 Å². The van der Waals surface area contributed by atoms with Crippen LogP contribution >= 0.6 is 0 Å². The van der Waals surface area contributed by atoms with E-state index in [-0.39, 0.29) is 10.8 Å². The zero-order chi connectivity index (χ0) is 20.1. The number of aromatic amines is 1. The average Bonchev–Trinajstić information content (AvgIpc) is 3.12. The Balaban J connectivity index is 1.64. The highest BCUT2D eigenvalue weighted by atomic mass is 32.2. The molecular formula is C20H22N4O3S. The number of hydrogen-bond acceptors (Lipinski definition) is 4. The fourth-order valence-electron chi connectivity index (χ4n) is 2.96. The first-order valence-corrected chi connectivity index (χ1v) is 10.3. The van der Waals surface area contributed by atoms with E-state index in [1.165, 1.54) is 35.7 Å². The molecule has 1 amide bonds. The predicted octanol–water partition coefficient (Wildman–Crippen LogP) is 3.40. The van der Waals surface area contributed by atoms with Gasteiger partial charge in [0.25, 0.3) is 10.0 Å². The number of nitrogens with zero attached hydrogens (tertiary/aromatic N) is 1. The summed E-state index contributed by atoms with van der Waals surface area (Å²) in [5.74, 6) is -0.170. The highest BCUT2D eigenvalue weighted by molar-refractivity contribution is 7.92. The van der Waals surface area contributed by atoms with Gasteiger partial charge in [0.15, 0.2) is 0 Å². The summed E-state index contributed by atoms with van der Waals surface area (Å²) in [5.41, 5.74) is 4.20. The van der Waals surface area contributed by atoms with Crippen LogP contribution in [-0.2, 0) is 21.2 Å². The summed E-state index contributed by atoms with van der Waals surface area (Å²) in [7, 11) is -3.77. The van der Waals surface area contributed by atoms with Gasteiger partial charge in [0.2, 0.25) is 5.91 Å². The molecule has 3 N–H and O–H groups in total. The van der Waals surface area contributed by atoms with Crippen LogP contribution in [0, 0.1) is 13.8 Å². The van der Waals surface area contributed by atoms with Crippen molar-refractivity contribution in [3.8, 4) is 0 Å². The maximum Gasteiger partial charge on any atom is 0.262 e. The average molecular weight is 398 g/mol. The summed E-state index contributed by atoms with van der Waals surface area (Å²) in [6.07, 6.45) is 3.74. The van der Waals surface area contributed by atoms with E-state index in [2.05, 4.69) is 38.4 Å². The van der Waals surface area contributed by atoms with Gasteiger partial charge in [-0.15, -0.1) is 0 Å². The molecule has 3 aromatic rings. The summed E-state index contributed by atoms with van der Waals surface area (Å²) < 4.78 is 27.3. The van der Waals surface area contributed by atoms with Crippen LogP contribution in [0.5, 0.6) is 0 Å². The van der Waals surface area contributed by atoms with Crippen molar-refractivity contribution in [1.29, 1.82) is 0 Å². The van der Waals surface area contributed by atoms with Crippen molar-refractivity contribution in [3.63, 3.8) is 0 Å². The zero-order valence-electron chi connectivity index (χ0n) is 15.7. The normalized spacial score (nSPS) is 11.2. The third-order valence-electron chi connectivity index (χ3n) is 4.10. The van der Waals surface area contributed by atoms with Gasteiger partial charge in [-0.05, 0) is 44.0 Å². The lowest BCUT2D eigenvalue weighted by atomic mass is 10.0. The molecule has 0 saturated heterocycles. The highest BCUT2D eigenvalue weighted by Gasteiger charge is 2.15. The standard InChI is InChI=1S/C20H22N4O3S/c1-14-8-15(2)10-16(9-14)6-7-20(25)23-17-4-3-5-19(11-17)28(26,27)24-18-12-21-22-13-18/h3-5,8-13,24H,6-7H2,1-2H3,(H,21,22)(H,23,25). The molecule has 0 aliphatic carbocycles. The van der Waals surface area contributed by atoms with Gasteiger partial charge >= 0.3 is 0 Å². The molecule has 0 spiro atoms. The fraction of sp³-hybridized carbons (Fsp3) is 0.200. The molecule has 0 unspecified atom stereocenters. The first-order valence-electron chi connectivity index (χ1n) is 8.80. The molecule has 0 fully saturated rings. The largest absolute Gasteiger partial charge is 0.326 e. The monoisotopic (exact) mass is 398 g/mol. The molecule has 0 aliphatic heterocycles. The maximum atomic E-state index is 12.4. The van der Waals surface area contributed by atoms with Crippen molar-refractivity contribution in [3.05, 3.63) is 71.5 Å². The van der Waals surface area contributed by atoms with E-state index in [4.69, 9.17) is 0 Å². The van der Waals surface area contributed by atoms with Gasteiger partial charge in [-0.25, -0.2) is 8.42 Å². The van der Waals surface area contributed by atoms with Crippen molar-refractivity contribution in [2.45, 2.75) is 31.6 Å². The summed E-state index contributed by atoms with van der Waals surface area (Å²) >= 11 is 0. The maximum absolute atomic E-state index is 12.4. The van der Waals surface area contributed by atoms with Crippen LogP contribution in [0.15, 0.2) is 59.8 Å². The van der Waals surface area contributed by atoms with Gasteiger partial charge < -0.3 is 5.32 Å². The number of nitrogens with one attached hydrogen (secondary N) is 3. The van der Waals surface area contributed by atoms with Gasteiger partial charge in [-0.3, -0.25) is 14.6 Å². The fourth-order valence-corrected chi connectivity index (χ4v) is 4.04. The number of carbonyl (C=O) groups excluding carboxylic acids is 1. The zero-order valence-corrected chi connectivity index (χ0v) is 16.5. The number of aryl methyl sites for hydroxylation is 3. The molecule has 7 nitrogen and oxygen atoms in total. The number of sulfonamides is 1. The van der Waals surface area contributed by atoms with E-state index < -0.39 is 10.0 Å². The van der Waals surface area contributed by atoms with Crippen molar-refractivity contribution >= 4 is 27.3 Å². The van der Waals surface area contributed by atoms with E-state index in [0.717, 1.165) is 5.56 Å². The van der Waals surface area contributed by atoms with Crippen LogP contribution in [0.2, 0.25) is 0 Å². The second-order valence-electron chi connectivity index (χ2n) is 6.66. The number of aromatic nitrogens is 2. The second kappa shape index (κ2) is 8.26. The van der Waals surface area contributed by atoms with Crippen LogP contribution in [0.4, 0.5) is 11.4 Å². The first-order chi connectivity index (χ1) is 13.3. The molecule has 0 radical (unpaired) electrons. The SMILES string of the molecule is Cc1cc(C)cc(CCC(=O)Nc2cccc(S(=O)(=O)Nc3cn[nH]c3)c2)c1. The summed E-state index contributed by atoms with van der Waals surface area (Å²) in [6.45, 7) is 4.06. The minimum absolute atomic E-state index is 0.0563. The van der Waals surface area contributed by atoms with Gasteiger partial charge in [0.1, 0.15) is 0 Å². The van der Waals surface area contributed by atoms with Crippen molar-refractivity contribution < 1.29 is 13.2 Å². The molecule has 0 aliphatic rings. The summed E-state index contributed by atoms with van der Waals surface area (Å²) in [4.78, 5) is 12.3. The lowest BCUT2D eigenvalue weighted by Gasteiger charge is -2.10. The first kappa shape index (κ1) is 19.6. The van der Waals surface area contributed by atoms with Crippen LogP contribution in [0.1, 0.15) is 23.1 Å². The quantitative estimate of drug-likeness (QED) is 0.567. The van der Waals surface area contributed by atoms with Gasteiger partial charge in [0.05, 0.1) is 16.8 Å². The van der Waals surface area contributed by atoms with E-state index in [0.29, 0.717) is 24.2 Å². The molecule has 2 aromatic carbocycles. The highest BCUT2D eigenvalue weighted by Crippen LogP contribution is 2.19. The summed E-state index contributed by atoms with van der Waals surface area (Å²) in [5, 5.41) is 9.01. The smallest absolute Gasteiger partial charge is 0.262 e. The lowest BCUT2D eigenvalue weighted by Crippen LogP contribution is -2.15. The van der Waals surface area contributed by atoms with Gasteiger partial charge in [0, 0.05) is 18.3 Å². The molecule has 146 valence electrons. The number of anilines is 2. The molecule has 28 heavy (non-hydrogen) atoms. The predicted molar refractivity (Wildman–Crippen MR) is 109 cm³/mol. The van der Waals surface area contributed by atoms with Crippen molar-refractivity contribution in [2.24, 2.45) is 0 Å². The molecule has 8 heteroatoms. The Morgan fingerprint density at radius 3 is 2.50 bits per heavy atom. The van der Waals surface area contributed by atoms with E-state index >= 15 is 0 Å². The van der Waals surface area contributed by atoms with Crippen molar-refractivity contribution in [1.82, 2.24) is 10.2 Å². The Morgan fingerprint density at radius 2 is 1.82 bits per heavy atom. The van der Waals surface area contributed by atoms with E-state index in [1.807, 2.05) is 13.8 Å². The molecule has 0 bridgehead atoms. The van der Waals surface area contributed by atoms with Crippen LogP contribution < -0.4 is 10.0 Å². The number of amides is 1. The number of benzene rings is 2. The van der Waals surface area contributed by atoms with Gasteiger partial charge in [-0.2, -0.15) is 5.10 Å². The Hall–Kier alpha value is -3.13. The topological polar surface area (TPSA) is 104 Å². The van der Waals surface area contributed by atoms with Crippen LogP contribution in [0.3, 0.4) is 0 Å². The number of hydrogen-bond donors (Lipinski definition) is 3. The molecule has 1 aromatic heterocycles. The third-order valence-corrected chi connectivity index (χ3v) is 5.48. The minimum atomic E-state index is -3.77. The summed E-state index contributed by atoms with van der Waals surface area (Å²) in [6, 6.07) is 12.4. The van der Waals surface area contributed by atoms with Crippen molar-refractivity contribution in [2.75, 3.05) is 10.0 Å². The number of carbonyl (C=O) groups is 1. The number of rotatable bonds is 7. The Kier molecular flexibility index (Phi) is 5.79. The Morgan fingerprint density at radius 1 is 1.07 bits per heavy atom. The molecule has 0 atom stereocenters. The minimum Gasteiger partial charge on any atom is -0.326 e. The third kappa shape index (κ3) is 5.20. The second-order valence-corrected chi connectivity index (χ2v) is 8.35. The van der Waals surface area contributed by atoms with Crippen LogP contribution in [0.25, 0.3) is 0 Å². The molecule has 1 heterocycles. The molecule has 0 saturated carbocycles. The molecule has 3 rings (SSSR count). The number of H-pyrrole nitrogens is 1. The molecular weight excluding hydrogens is 376 g/mol. The van der Waals surface area contributed by atoms with Gasteiger partial charge in [-0.1, -0.05) is 35.4 Å². The Labute approximate surface area is 164 Å².